The molecule has 0 spiro atoms. The normalized spacial score (nSPS) is 15.3. The molecule has 2 amide bonds. The molecule has 1 aliphatic carbocycles. The Hall–Kier alpha value is -1.84. The summed E-state index contributed by atoms with van der Waals surface area (Å²) in [5.74, 6) is 0.242. The fraction of sp³-hybridized carbons (Fsp3) is 0.619. The lowest BCUT2D eigenvalue weighted by molar-refractivity contribution is -0.131. The molecular formula is C21H32N2O2. The number of nitrogens with zero attached hydrogens (tertiary/aromatic N) is 1. The molecular weight excluding hydrogens is 312 g/mol. The van der Waals surface area contributed by atoms with Crippen molar-refractivity contribution in [3.05, 3.63) is 35.9 Å². The second kappa shape index (κ2) is 9.59. The van der Waals surface area contributed by atoms with Crippen LogP contribution in [0.3, 0.4) is 0 Å². The van der Waals surface area contributed by atoms with Gasteiger partial charge in [-0.25, -0.2) is 0 Å². The minimum absolute atomic E-state index is 0.0638. The van der Waals surface area contributed by atoms with Gasteiger partial charge in [-0.3, -0.25) is 9.59 Å². The first-order valence-electron chi connectivity index (χ1n) is 9.75. The molecule has 0 aromatic heterocycles. The van der Waals surface area contributed by atoms with E-state index >= 15 is 0 Å². The van der Waals surface area contributed by atoms with Crippen molar-refractivity contribution in [1.29, 1.82) is 0 Å². The number of rotatable bonds is 10. The van der Waals surface area contributed by atoms with Gasteiger partial charge in [0.1, 0.15) is 0 Å². The molecule has 1 aromatic rings. The maximum absolute atomic E-state index is 12.4. The topological polar surface area (TPSA) is 49.4 Å². The number of nitrogens with one attached hydrogen (secondary N) is 1. The van der Waals surface area contributed by atoms with E-state index in [0.717, 1.165) is 45.2 Å². The molecule has 0 saturated heterocycles. The highest BCUT2D eigenvalue weighted by molar-refractivity contribution is 5.79. The van der Waals surface area contributed by atoms with Crippen molar-refractivity contribution < 1.29 is 9.59 Å². The predicted octanol–water partition coefficient (Wildman–Crippen LogP) is 4.00. The molecule has 4 nitrogen and oxygen atoms in total. The van der Waals surface area contributed by atoms with Crippen LogP contribution >= 0.6 is 0 Å². The predicted molar refractivity (Wildman–Crippen MR) is 101 cm³/mol. The zero-order valence-electron chi connectivity index (χ0n) is 15.7. The van der Waals surface area contributed by atoms with Crippen LogP contribution in [0.15, 0.2) is 30.3 Å². The Balaban J connectivity index is 1.79. The number of carbonyl (C=O) groups excluding carboxylic acids is 2. The van der Waals surface area contributed by atoms with E-state index in [9.17, 15) is 9.59 Å². The first-order valence-corrected chi connectivity index (χ1v) is 9.75. The maximum atomic E-state index is 12.4. The van der Waals surface area contributed by atoms with Crippen molar-refractivity contribution in [2.45, 2.75) is 70.8 Å². The Bertz CT molecular complexity index is 546. The van der Waals surface area contributed by atoms with Crippen LogP contribution in [0.1, 0.15) is 70.8 Å². The van der Waals surface area contributed by atoms with E-state index in [0.29, 0.717) is 19.3 Å². The van der Waals surface area contributed by atoms with Crippen molar-refractivity contribution in [2.24, 2.45) is 0 Å². The zero-order valence-corrected chi connectivity index (χ0v) is 15.7. The van der Waals surface area contributed by atoms with E-state index in [1.54, 1.807) is 0 Å². The van der Waals surface area contributed by atoms with Crippen LogP contribution in [0.4, 0.5) is 0 Å². The van der Waals surface area contributed by atoms with Gasteiger partial charge in [-0.2, -0.15) is 0 Å². The lowest BCUT2D eigenvalue weighted by Gasteiger charge is -2.43. The number of hydrogen-bond acceptors (Lipinski definition) is 2. The number of amides is 2. The molecule has 0 bridgehead atoms. The molecule has 1 aromatic carbocycles. The van der Waals surface area contributed by atoms with Gasteiger partial charge in [0.05, 0.1) is 5.54 Å². The third-order valence-electron chi connectivity index (χ3n) is 5.05. The summed E-state index contributed by atoms with van der Waals surface area (Å²) in [4.78, 5) is 26.6. The zero-order chi connectivity index (χ0) is 18.1. The van der Waals surface area contributed by atoms with Gasteiger partial charge < -0.3 is 10.2 Å². The van der Waals surface area contributed by atoms with Crippen LogP contribution in [0.5, 0.6) is 0 Å². The van der Waals surface area contributed by atoms with Gasteiger partial charge in [0.2, 0.25) is 11.8 Å². The fourth-order valence-corrected chi connectivity index (χ4v) is 3.56. The molecule has 25 heavy (non-hydrogen) atoms. The lowest BCUT2D eigenvalue weighted by Crippen LogP contribution is -2.50. The Morgan fingerprint density at radius 1 is 1.04 bits per heavy atom. The SMILES string of the molecule is CCCN(CCC)C(=O)CCCC(=O)NC1(c2ccccc2)CCC1. The first-order chi connectivity index (χ1) is 12.1. The highest BCUT2D eigenvalue weighted by Crippen LogP contribution is 2.41. The molecule has 4 heteroatoms. The highest BCUT2D eigenvalue weighted by Gasteiger charge is 2.39. The maximum Gasteiger partial charge on any atom is 0.222 e. The second-order valence-electron chi connectivity index (χ2n) is 7.08. The minimum Gasteiger partial charge on any atom is -0.347 e. The van der Waals surface area contributed by atoms with Gasteiger partial charge in [-0.05, 0) is 44.1 Å². The molecule has 1 aliphatic rings. The quantitative estimate of drug-likeness (QED) is 0.697. The van der Waals surface area contributed by atoms with Gasteiger partial charge in [0.25, 0.3) is 0 Å². The van der Waals surface area contributed by atoms with Gasteiger partial charge >= 0.3 is 0 Å². The monoisotopic (exact) mass is 344 g/mol. The van der Waals surface area contributed by atoms with E-state index < -0.39 is 0 Å². The standard InChI is InChI=1S/C21H32N2O2/c1-3-16-23(17-4-2)20(25)13-8-12-19(24)22-21(14-9-15-21)18-10-6-5-7-11-18/h5-7,10-11H,3-4,8-9,12-17H2,1-2H3,(H,22,24). The van der Waals surface area contributed by atoms with Crippen molar-refractivity contribution >= 4 is 11.8 Å². The summed E-state index contributed by atoms with van der Waals surface area (Å²) in [6.45, 7) is 5.81. The molecule has 2 rings (SSSR count). The molecule has 0 radical (unpaired) electrons. The summed E-state index contributed by atoms with van der Waals surface area (Å²) in [6.07, 6.45) is 6.62. The van der Waals surface area contributed by atoms with Crippen LogP contribution in [0, 0.1) is 0 Å². The van der Waals surface area contributed by atoms with Gasteiger partial charge in [0, 0.05) is 25.9 Å². The molecule has 1 fully saturated rings. The molecule has 0 atom stereocenters. The van der Waals surface area contributed by atoms with Crippen molar-refractivity contribution in [3.63, 3.8) is 0 Å². The molecule has 138 valence electrons. The molecule has 0 unspecified atom stereocenters. The molecule has 0 aliphatic heterocycles. The van der Waals surface area contributed by atoms with Crippen molar-refractivity contribution in [3.8, 4) is 0 Å². The summed E-state index contributed by atoms with van der Waals surface area (Å²) in [5, 5.41) is 3.24. The van der Waals surface area contributed by atoms with E-state index in [1.165, 1.54) is 5.56 Å². The van der Waals surface area contributed by atoms with Crippen LogP contribution in [0.25, 0.3) is 0 Å². The Labute approximate surface area is 152 Å². The van der Waals surface area contributed by atoms with Gasteiger partial charge in [0.15, 0.2) is 0 Å². The Kier molecular flexibility index (Phi) is 7.48. The van der Waals surface area contributed by atoms with E-state index in [4.69, 9.17) is 0 Å². The van der Waals surface area contributed by atoms with Crippen molar-refractivity contribution in [1.82, 2.24) is 10.2 Å². The van der Waals surface area contributed by atoms with E-state index in [-0.39, 0.29) is 17.4 Å². The Morgan fingerprint density at radius 2 is 1.68 bits per heavy atom. The average molecular weight is 344 g/mol. The fourth-order valence-electron chi connectivity index (χ4n) is 3.56. The molecule has 0 heterocycles. The lowest BCUT2D eigenvalue weighted by atomic mass is 9.71. The summed E-state index contributed by atoms with van der Waals surface area (Å²) < 4.78 is 0. The summed E-state index contributed by atoms with van der Waals surface area (Å²) in [6, 6.07) is 10.2. The van der Waals surface area contributed by atoms with Crippen LogP contribution < -0.4 is 5.32 Å². The number of benzene rings is 1. The smallest absolute Gasteiger partial charge is 0.222 e. The number of hydrogen-bond donors (Lipinski definition) is 1. The van der Waals surface area contributed by atoms with Gasteiger partial charge in [-0.1, -0.05) is 44.2 Å². The van der Waals surface area contributed by atoms with Crippen LogP contribution in [-0.4, -0.2) is 29.8 Å². The largest absolute Gasteiger partial charge is 0.347 e. The van der Waals surface area contributed by atoms with Crippen LogP contribution in [-0.2, 0) is 15.1 Å². The minimum atomic E-state index is -0.182. The number of carbonyl (C=O) groups is 2. The summed E-state index contributed by atoms with van der Waals surface area (Å²) >= 11 is 0. The van der Waals surface area contributed by atoms with Gasteiger partial charge in [-0.15, -0.1) is 0 Å². The third-order valence-corrected chi connectivity index (χ3v) is 5.05. The van der Waals surface area contributed by atoms with Crippen molar-refractivity contribution in [2.75, 3.05) is 13.1 Å². The summed E-state index contributed by atoms with van der Waals surface area (Å²) in [5.41, 5.74) is 1.02. The molecule has 1 saturated carbocycles. The average Bonchev–Trinajstić information content (AvgIpc) is 2.58. The molecule has 1 N–H and O–H groups in total. The highest BCUT2D eigenvalue weighted by atomic mass is 16.2. The first kappa shape index (κ1) is 19.5. The van der Waals surface area contributed by atoms with E-state index in [1.807, 2.05) is 23.1 Å². The van der Waals surface area contributed by atoms with E-state index in [2.05, 4.69) is 31.3 Å². The Morgan fingerprint density at radius 3 is 2.20 bits per heavy atom. The third kappa shape index (κ3) is 5.32. The second-order valence-corrected chi connectivity index (χ2v) is 7.08. The summed E-state index contributed by atoms with van der Waals surface area (Å²) in [7, 11) is 0. The van der Waals surface area contributed by atoms with Crippen LogP contribution in [0.2, 0.25) is 0 Å².